The average Bonchev–Trinajstić information content (AvgIpc) is 3.13. The van der Waals surface area contributed by atoms with E-state index in [0.717, 1.165) is 18.2 Å². The molecule has 35 heavy (non-hydrogen) atoms. The fourth-order valence-electron chi connectivity index (χ4n) is 3.94. The van der Waals surface area contributed by atoms with Crippen LogP contribution in [0.4, 0.5) is 17.1 Å². The molecular weight excluding hydrogens is 462 g/mol. The van der Waals surface area contributed by atoms with Crippen molar-refractivity contribution in [1.82, 2.24) is 0 Å². The second-order valence-corrected chi connectivity index (χ2v) is 7.55. The Labute approximate surface area is 196 Å². The zero-order valence-electron chi connectivity index (χ0n) is 18.3. The third-order valence-corrected chi connectivity index (χ3v) is 5.33. The van der Waals surface area contributed by atoms with Crippen LogP contribution < -0.4 is 0 Å². The first-order chi connectivity index (χ1) is 16.5. The fourth-order valence-corrected chi connectivity index (χ4v) is 3.94. The number of allylic oxidation sites excluding steroid dienone is 1. The molecule has 0 amide bonds. The number of fused-ring (bicyclic) bond motifs is 3. The number of rotatable bonds is 7. The maximum atomic E-state index is 13.1. The number of nitro groups is 3. The lowest BCUT2D eigenvalue weighted by atomic mass is 9.96. The number of esters is 1. The predicted molar refractivity (Wildman–Crippen MR) is 119 cm³/mol. The minimum Gasteiger partial charge on any atom is -0.459 e. The summed E-state index contributed by atoms with van der Waals surface area (Å²) in [7, 11) is 0. The molecule has 2 aromatic rings. The van der Waals surface area contributed by atoms with Crippen LogP contribution in [0.2, 0.25) is 0 Å². The summed E-state index contributed by atoms with van der Waals surface area (Å²) < 4.78 is 5.38. The molecule has 13 heteroatoms. The highest BCUT2D eigenvalue weighted by atomic mass is 16.6. The van der Waals surface area contributed by atoms with Gasteiger partial charge in [-0.1, -0.05) is 13.3 Å². The standard InChI is InChI=1S/C22H15N5O8/c1-3-4-11(2)35-22(28)17-7-13(25(29)30)5-15-19(12(9-23)10-24)16-6-14(26(31)32)8-18(27(33)34)21(16)20(15)17/h5-8,11H,3-4H2,1-2H3/t11-/m0/s1. The lowest BCUT2D eigenvalue weighted by Gasteiger charge is -2.14. The van der Waals surface area contributed by atoms with E-state index < -0.39 is 55.0 Å². The van der Waals surface area contributed by atoms with Gasteiger partial charge in [0.05, 0.1) is 38.1 Å². The molecule has 2 aromatic carbocycles. The Morgan fingerprint density at radius 3 is 1.97 bits per heavy atom. The van der Waals surface area contributed by atoms with Crippen LogP contribution in [0.3, 0.4) is 0 Å². The molecule has 1 aliphatic carbocycles. The van der Waals surface area contributed by atoms with E-state index in [-0.39, 0.29) is 27.8 Å². The van der Waals surface area contributed by atoms with Gasteiger partial charge in [-0.3, -0.25) is 30.3 Å². The number of hydrogen-bond acceptors (Lipinski definition) is 10. The van der Waals surface area contributed by atoms with Crippen molar-refractivity contribution in [2.75, 3.05) is 0 Å². The summed E-state index contributed by atoms with van der Waals surface area (Å²) >= 11 is 0. The highest BCUT2D eigenvalue weighted by Gasteiger charge is 2.40. The van der Waals surface area contributed by atoms with Crippen molar-refractivity contribution >= 4 is 28.6 Å². The van der Waals surface area contributed by atoms with Crippen LogP contribution >= 0.6 is 0 Å². The molecule has 0 spiro atoms. The van der Waals surface area contributed by atoms with Crippen molar-refractivity contribution < 1.29 is 24.3 Å². The van der Waals surface area contributed by atoms with Crippen molar-refractivity contribution in [3.8, 4) is 23.3 Å². The third-order valence-electron chi connectivity index (χ3n) is 5.33. The summed E-state index contributed by atoms with van der Waals surface area (Å²) in [4.78, 5) is 45.4. The molecule has 0 bridgehead atoms. The van der Waals surface area contributed by atoms with Gasteiger partial charge in [0, 0.05) is 40.5 Å². The number of benzene rings is 2. The number of carbonyl (C=O) groups is 1. The van der Waals surface area contributed by atoms with Crippen LogP contribution in [-0.2, 0) is 4.74 Å². The van der Waals surface area contributed by atoms with Crippen molar-refractivity contribution in [1.29, 1.82) is 10.5 Å². The van der Waals surface area contributed by atoms with Gasteiger partial charge in [0.2, 0.25) is 0 Å². The minimum atomic E-state index is -1.01. The van der Waals surface area contributed by atoms with Crippen molar-refractivity contribution in [3.63, 3.8) is 0 Å². The summed E-state index contributed by atoms with van der Waals surface area (Å²) in [5, 5.41) is 54.0. The molecule has 0 saturated heterocycles. The number of ether oxygens (including phenoxy) is 1. The van der Waals surface area contributed by atoms with Gasteiger partial charge in [0.1, 0.15) is 17.7 Å². The molecule has 0 radical (unpaired) electrons. The topological polar surface area (TPSA) is 203 Å². The van der Waals surface area contributed by atoms with E-state index in [1.807, 2.05) is 6.92 Å². The summed E-state index contributed by atoms with van der Waals surface area (Å²) in [6.07, 6.45) is 0.559. The Kier molecular flexibility index (Phi) is 6.55. The summed E-state index contributed by atoms with van der Waals surface area (Å²) in [6, 6.07) is 6.67. The predicted octanol–water partition coefficient (Wildman–Crippen LogP) is 4.59. The summed E-state index contributed by atoms with van der Waals surface area (Å²) in [5.74, 6) is -1.01. The third kappa shape index (κ3) is 4.26. The van der Waals surface area contributed by atoms with Gasteiger partial charge in [0.15, 0.2) is 0 Å². The lowest BCUT2D eigenvalue weighted by Crippen LogP contribution is -2.16. The molecule has 1 aliphatic rings. The van der Waals surface area contributed by atoms with Gasteiger partial charge < -0.3 is 4.74 Å². The molecule has 0 N–H and O–H groups in total. The summed E-state index contributed by atoms with van der Waals surface area (Å²) in [5.41, 5.74) is -4.25. The molecular formula is C22H15N5O8. The zero-order chi connectivity index (χ0) is 26.0. The molecule has 3 rings (SSSR count). The van der Waals surface area contributed by atoms with E-state index in [2.05, 4.69) is 0 Å². The maximum absolute atomic E-state index is 13.1. The van der Waals surface area contributed by atoms with E-state index >= 15 is 0 Å². The number of nitrogens with zero attached hydrogens (tertiary/aromatic N) is 5. The molecule has 176 valence electrons. The van der Waals surface area contributed by atoms with Gasteiger partial charge in [-0.2, -0.15) is 10.5 Å². The largest absolute Gasteiger partial charge is 0.459 e. The summed E-state index contributed by atoms with van der Waals surface area (Å²) in [6.45, 7) is 3.46. The second-order valence-electron chi connectivity index (χ2n) is 7.55. The van der Waals surface area contributed by atoms with E-state index in [9.17, 15) is 45.7 Å². The molecule has 1 atom stereocenters. The first-order valence-electron chi connectivity index (χ1n) is 10.1. The second kappa shape index (κ2) is 9.36. The molecule has 0 aliphatic heterocycles. The van der Waals surface area contributed by atoms with Crippen LogP contribution in [0.25, 0.3) is 16.7 Å². The SMILES string of the molecule is CCC[C@H](C)OC(=O)c1cc([N+](=O)[O-])cc2c1-c1c(cc([N+](=O)[O-])cc1[N+](=O)[O-])C2=C(C#N)C#N. The molecule has 0 fully saturated rings. The number of hydrogen-bond donors (Lipinski definition) is 0. The monoisotopic (exact) mass is 477 g/mol. The minimum absolute atomic E-state index is 0.182. The lowest BCUT2D eigenvalue weighted by molar-refractivity contribution is -0.393. The van der Waals surface area contributed by atoms with E-state index in [1.54, 1.807) is 19.1 Å². The van der Waals surface area contributed by atoms with Crippen LogP contribution in [0.15, 0.2) is 29.8 Å². The number of nitro benzene ring substituents is 3. The van der Waals surface area contributed by atoms with Gasteiger partial charge in [-0.15, -0.1) is 0 Å². The number of non-ortho nitro benzene ring substituents is 2. The van der Waals surface area contributed by atoms with Gasteiger partial charge in [0.25, 0.3) is 17.1 Å². The Balaban J connectivity index is 2.53. The van der Waals surface area contributed by atoms with E-state index in [4.69, 9.17) is 4.74 Å². The Morgan fingerprint density at radius 2 is 1.49 bits per heavy atom. The van der Waals surface area contributed by atoms with Crippen molar-refractivity contribution in [2.45, 2.75) is 32.8 Å². The smallest absolute Gasteiger partial charge is 0.339 e. The molecule has 0 unspecified atom stereocenters. The van der Waals surface area contributed by atoms with Crippen LogP contribution in [0.1, 0.15) is 48.2 Å². The Hall–Kier alpha value is -5.17. The highest BCUT2D eigenvalue weighted by Crippen LogP contribution is 2.53. The molecule has 0 aromatic heterocycles. The zero-order valence-corrected chi connectivity index (χ0v) is 18.3. The number of nitriles is 2. The number of carbonyl (C=O) groups excluding carboxylic acids is 1. The quantitative estimate of drug-likeness (QED) is 0.200. The van der Waals surface area contributed by atoms with Gasteiger partial charge >= 0.3 is 5.97 Å². The fraction of sp³-hybridized carbons (Fsp3) is 0.227. The van der Waals surface area contributed by atoms with Gasteiger partial charge in [-0.05, 0) is 13.3 Å². The van der Waals surface area contributed by atoms with Gasteiger partial charge in [-0.25, -0.2) is 4.79 Å². The first-order valence-corrected chi connectivity index (χ1v) is 10.1. The first kappa shape index (κ1) is 24.5. The van der Waals surface area contributed by atoms with Crippen LogP contribution in [0.5, 0.6) is 0 Å². The van der Waals surface area contributed by atoms with Crippen molar-refractivity contribution in [2.24, 2.45) is 0 Å². The van der Waals surface area contributed by atoms with Crippen LogP contribution in [0, 0.1) is 53.0 Å². The normalized spacial score (nSPS) is 11.9. The highest BCUT2D eigenvalue weighted by molar-refractivity contribution is 6.13. The van der Waals surface area contributed by atoms with E-state index in [0.29, 0.717) is 18.9 Å². The Bertz CT molecular complexity index is 1410. The van der Waals surface area contributed by atoms with Crippen molar-refractivity contribution in [3.05, 3.63) is 76.9 Å². The van der Waals surface area contributed by atoms with Crippen LogP contribution in [-0.4, -0.2) is 26.8 Å². The van der Waals surface area contributed by atoms with E-state index in [1.165, 1.54) is 0 Å². The molecule has 0 saturated carbocycles. The molecule has 0 heterocycles. The average molecular weight is 477 g/mol. The molecule has 13 nitrogen and oxygen atoms in total. The Morgan fingerprint density at radius 1 is 0.943 bits per heavy atom. The maximum Gasteiger partial charge on any atom is 0.339 e.